The minimum absolute atomic E-state index is 0.0947. The van der Waals surface area contributed by atoms with E-state index in [0.717, 1.165) is 41.8 Å². The molecule has 1 aromatic carbocycles. The van der Waals surface area contributed by atoms with Crippen molar-refractivity contribution >= 4 is 17.7 Å². The molecule has 1 unspecified atom stereocenters. The van der Waals surface area contributed by atoms with E-state index in [1.807, 2.05) is 17.5 Å². The maximum Gasteiger partial charge on any atom is 0.207 e. The van der Waals surface area contributed by atoms with E-state index >= 15 is 0 Å². The van der Waals surface area contributed by atoms with Crippen molar-refractivity contribution in [2.75, 3.05) is 20.3 Å². The number of hydrogen-bond acceptors (Lipinski definition) is 5. The Hall–Kier alpha value is -1.92. The molecule has 0 saturated heterocycles. The molecule has 135 valence electrons. The standard InChI is InChI=1S/C19H25N2O3S/c1-14(2)17(20-12-22)9-15-5-6-16(18-11-25-13-21-18)19(10-15)24-8-4-7-23-3/h5-6,10-12,14,17H,4,7-9H2,1-3H3,(H,20,22). The predicted molar refractivity (Wildman–Crippen MR) is 99.9 cm³/mol. The summed E-state index contributed by atoms with van der Waals surface area (Å²) >= 11 is 1.44. The van der Waals surface area contributed by atoms with Gasteiger partial charge in [-0.05, 0) is 30.0 Å². The van der Waals surface area contributed by atoms with E-state index < -0.39 is 0 Å². The highest BCUT2D eigenvalue weighted by Gasteiger charge is 2.15. The molecule has 0 saturated carbocycles. The van der Waals surface area contributed by atoms with Gasteiger partial charge in [0.1, 0.15) is 5.75 Å². The lowest BCUT2D eigenvalue weighted by Crippen LogP contribution is -2.34. The van der Waals surface area contributed by atoms with Gasteiger partial charge in [0.05, 0.1) is 12.3 Å². The Balaban J connectivity index is 2.20. The zero-order chi connectivity index (χ0) is 18.1. The van der Waals surface area contributed by atoms with Gasteiger partial charge in [0.2, 0.25) is 6.41 Å². The Morgan fingerprint density at radius 3 is 2.84 bits per heavy atom. The van der Waals surface area contributed by atoms with Crippen molar-refractivity contribution in [1.29, 1.82) is 0 Å². The Morgan fingerprint density at radius 2 is 2.20 bits per heavy atom. The summed E-state index contributed by atoms with van der Waals surface area (Å²) < 4.78 is 11.1. The monoisotopic (exact) mass is 361 g/mol. The van der Waals surface area contributed by atoms with Gasteiger partial charge in [-0.15, -0.1) is 11.3 Å². The molecule has 25 heavy (non-hydrogen) atoms. The van der Waals surface area contributed by atoms with Crippen LogP contribution in [0.4, 0.5) is 0 Å². The number of rotatable bonds is 11. The van der Waals surface area contributed by atoms with Gasteiger partial charge in [-0.3, -0.25) is 4.79 Å². The van der Waals surface area contributed by atoms with Crippen molar-refractivity contribution in [3.8, 4) is 17.0 Å². The molecule has 0 aliphatic carbocycles. The van der Waals surface area contributed by atoms with Crippen LogP contribution in [0.1, 0.15) is 25.8 Å². The summed E-state index contributed by atoms with van der Waals surface area (Å²) in [7, 11) is 1.68. The van der Waals surface area contributed by atoms with Crippen LogP contribution in [0.2, 0.25) is 0 Å². The first-order valence-corrected chi connectivity index (χ1v) is 9.30. The lowest BCUT2D eigenvalue weighted by molar-refractivity contribution is -0.110. The fourth-order valence-corrected chi connectivity index (χ4v) is 3.04. The van der Waals surface area contributed by atoms with E-state index in [0.29, 0.717) is 19.1 Å². The first-order valence-electron chi connectivity index (χ1n) is 8.42. The summed E-state index contributed by atoms with van der Waals surface area (Å²) in [6.45, 7) is 5.45. The van der Waals surface area contributed by atoms with Crippen LogP contribution in [-0.4, -0.2) is 37.8 Å². The van der Waals surface area contributed by atoms with Crippen molar-refractivity contribution in [1.82, 2.24) is 10.3 Å². The quantitative estimate of drug-likeness (QED) is 0.493. The molecule has 1 amide bonds. The fourth-order valence-electron chi connectivity index (χ4n) is 2.55. The van der Waals surface area contributed by atoms with E-state index in [1.165, 1.54) is 11.3 Å². The molecule has 0 aliphatic heterocycles. The van der Waals surface area contributed by atoms with Gasteiger partial charge in [0, 0.05) is 37.1 Å². The number of nitrogens with zero attached hydrogens (tertiary/aromatic N) is 1. The summed E-state index contributed by atoms with van der Waals surface area (Å²) in [6, 6.07) is 6.24. The fraction of sp³-hybridized carbons (Fsp3) is 0.474. The van der Waals surface area contributed by atoms with Crippen LogP contribution >= 0.6 is 11.3 Å². The van der Waals surface area contributed by atoms with Crippen molar-refractivity contribution in [2.45, 2.75) is 32.7 Å². The normalized spacial score (nSPS) is 12.2. The summed E-state index contributed by atoms with van der Waals surface area (Å²) in [5.74, 6) is 1.16. The van der Waals surface area contributed by atoms with Crippen LogP contribution in [0.15, 0.2) is 23.6 Å². The summed E-state index contributed by atoms with van der Waals surface area (Å²) in [6.07, 6.45) is 2.35. The van der Waals surface area contributed by atoms with Crippen molar-refractivity contribution in [3.63, 3.8) is 0 Å². The van der Waals surface area contributed by atoms with Gasteiger partial charge in [-0.1, -0.05) is 19.9 Å². The SMILES string of the molecule is COCCCOc1cc(CC(NC=O)C(C)C)ccc1-c1cs[c]n1. The Kier molecular flexibility index (Phi) is 7.88. The van der Waals surface area contributed by atoms with Gasteiger partial charge in [0.15, 0.2) is 5.51 Å². The molecule has 1 aromatic heterocycles. The third kappa shape index (κ3) is 5.83. The number of methoxy groups -OCH3 is 1. The second-order valence-electron chi connectivity index (χ2n) is 6.19. The van der Waals surface area contributed by atoms with Gasteiger partial charge in [-0.25, -0.2) is 4.98 Å². The number of ether oxygens (including phenoxy) is 2. The lowest BCUT2D eigenvalue weighted by atomic mass is 9.95. The van der Waals surface area contributed by atoms with Crippen LogP contribution in [-0.2, 0) is 16.0 Å². The van der Waals surface area contributed by atoms with Crippen LogP contribution in [0, 0.1) is 11.4 Å². The number of hydrogen-bond donors (Lipinski definition) is 1. The third-order valence-corrected chi connectivity index (χ3v) is 4.54. The van der Waals surface area contributed by atoms with Crippen LogP contribution < -0.4 is 10.1 Å². The average molecular weight is 361 g/mol. The molecule has 0 fully saturated rings. The summed E-state index contributed by atoms with van der Waals surface area (Å²) in [5, 5.41) is 4.86. The highest BCUT2D eigenvalue weighted by Crippen LogP contribution is 2.31. The molecule has 2 rings (SSSR count). The number of carbonyl (C=O) groups is 1. The molecule has 1 heterocycles. The zero-order valence-electron chi connectivity index (χ0n) is 15.0. The molecular weight excluding hydrogens is 336 g/mol. The van der Waals surface area contributed by atoms with Crippen molar-refractivity contribution < 1.29 is 14.3 Å². The van der Waals surface area contributed by atoms with Gasteiger partial charge >= 0.3 is 0 Å². The van der Waals surface area contributed by atoms with Crippen LogP contribution in [0.5, 0.6) is 5.75 Å². The molecule has 0 spiro atoms. The molecule has 2 aromatic rings. The molecule has 0 aliphatic rings. The lowest BCUT2D eigenvalue weighted by Gasteiger charge is -2.21. The first kappa shape index (κ1) is 19.4. The Morgan fingerprint density at radius 1 is 1.36 bits per heavy atom. The third-order valence-electron chi connectivity index (χ3n) is 4.00. The number of benzene rings is 1. The Labute approximate surface area is 153 Å². The largest absolute Gasteiger partial charge is 0.493 e. The smallest absolute Gasteiger partial charge is 0.207 e. The number of nitrogens with one attached hydrogen (secondary N) is 1. The molecular formula is C19H25N2O3S. The topological polar surface area (TPSA) is 60.5 Å². The van der Waals surface area contributed by atoms with Crippen LogP contribution in [0.25, 0.3) is 11.3 Å². The highest BCUT2D eigenvalue weighted by atomic mass is 32.1. The van der Waals surface area contributed by atoms with Crippen molar-refractivity contribution in [2.24, 2.45) is 5.92 Å². The molecule has 1 N–H and O–H groups in total. The number of thiazole rings is 1. The summed E-state index contributed by atoms with van der Waals surface area (Å²) in [5.41, 5.74) is 5.83. The van der Waals surface area contributed by atoms with E-state index in [4.69, 9.17) is 9.47 Å². The number of aromatic nitrogens is 1. The number of amides is 1. The minimum Gasteiger partial charge on any atom is -0.493 e. The predicted octanol–water partition coefficient (Wildman–Crippen LogP) is 3.34. The first-order chi connectivity index (χ1) is 12.2. The molecule has 0 bridgehead atoms. The van der Waals surface area contributed by atoms with E-state index in [1.54, 1.807) is 7.11 Å². The number of carbonyl (C=O) groups excluding carboxylic acids is 1. The maximum atomic E-state index is 10.8. The zero-order valence-corrected chi connectivity index (χ0v) is 15.8. The van der Waals surface area contributed by atoms with Gasteiger partial charge in [-0.2, -0.15) is 0 Å². The highest BCUT2D eigenvalue weighted by molar-refractivity contribution is 7.07. The second kappa shape index (κ2) is 10.2. The average Bonchev–Trinajstić information content (AvgIpc) is 3.13. The summed E-state index contributed by atoms with van der Waals surface area (Å²) in [4.78, 5) is 15.1. The maximum absolute atomic E-state index is 10.8. The molecule has 5 nitrogen and oxygen atoms in total. The van der Waals surface area contributed by atoms with E-state index in [-0.39, 0.29) is 6.04 Å². The van der Waals surface area contributed by atoms with Gasteiger partial charge < -0.3 is 14.8 Å². The van der Waals surface area contributed by atoms with E-state index in [9.17, 15) is 4.79 Å². The molecule has 1 atom stereocenters. The van der Waals surface area contributed by atoms with E-state index in [2.05, 4.69) is 35.7 Å². The minimum atomic E-state index is 0.0947. The van der Waals surface area contributed by atoms with Crippen LogP contribution in [0.3, 0.4) is 0 Å². The van der Waals surface area contributed by atoms with Gasteiger partial charge in [0.25, 0.3) is 0 Å². The molecule has 6 heteroatoms. The second-order valence-corrected chi connectivity index (χ2v) is 6.84. The van der Waals surface area contributed by atoms with Crippen molar-refractivity contribution in [3.05, 3.63) is 34.7 Å². The Bertz CT molecular complexity index is 644. The molecule has 1 radical (unpaired) electrons.